The Kier molecular flexibility index (Phi) is 6.78. The number of allylic oxidation sites excluding steroid dienone is 1. The maximum Gasteiger partial charge on any atom is 0.229 e. The Morgan fingerprint density at radius 1 is 0.968 bits per heavy atom. The van der Waals surface area contributed by atoms with Crippen LogP contribution in [0.4, 0.5) is 0 Å². The summed E-state index contributed by atoms with van der Waals surface area (Å²) in [5.74, 6) is -1.58. The first-order chi connectivity index (χ1) is 14.7. The third-order valence-corrected chi connectivity index (χ3v) is 4.75. The number of aliphatic hydroxyl groups excluding tert-OH is 4. The van der Waals surface area contributed by atoms with Crippen LogP contribution in [0.25, 0.3) is 6.08 Å². The molecule has 1 fully saturated rings. The Labute approximate surface area is 176 Å². The number of phenols is 3. The van der Waals surface area contributed by atoms with Crippen molar-refractivity contribution in [1.82, 2.24) is 0 Å². The largest absolute Gasteiger partial charge is 0.508 e. The van der Waals surface area contributed by atoms with Gasteiger partial charge in [-0.25, -0.2) is 0 Å². The zero-order valence-electron chi connectivity index (χ0n) is 16.1. The van der Waals surface area contributed by atoms with Gasteiger partial charge in [0.05, 0.1) is 12.2 Å². The molecule has 1 aliphatic rings. The molecule has 7 N–H and O–H groups in total. The molecule has 2 aromatic rings. The molecule has 1 aliphatic heterocycles. The Morgan fingerprint density at radius 3 is 2.39 bits per heavy atom. The lowest BCUT2D eigenvalue weighted by molar-refractivity contribution is -0.277. The molecule has 1 heterocycles. The summed E-state index contributed by atoms with van der Waals surface area (Å²) < 4.78 is 10.7. The molecule has 0 saturated carbocycles. The van der Waals surface area contributed by atoms with Crippen molar-refractivity contribution < 1.29 is 50.0 Å². The minimum atomic E-state index is -1.66. The molecule has 5 atom stereocenters. The van der Waals surface area contributed by atoms with Crippen LogP contribution in [0.2, 0.25) is 0 Å². The lowest BCUT2D eigenvalue weighted by Crippen LogP contribution is -2.60. The quantitative estimate of drug-likeness (QED) is 0.239. The Balaban J connectivity index is 1.77. The number of carbonyl (C=O) groups excluding carboxylic acids is 1. The second-order valence-electron chi connectivity index (χ2n) is 6.94. The third kappa shape index (κ3) is 4.95. The van der Waals surface area contributed by atoms with Crippen molar-refractivity contribution in [2.45, 2.75) is 30.7 Å². The van der Waals surface area contributed by atoms with E-state index in [9.17, 15) is 40.5 Å². The SMILES string of the molecule is O=C(/C=C/c1ccc(O)c(O[C@@H]2O[C@H](CO)[C@@H](O)[C@H](O)[C@H]2O)c1)c1ccc(O)cc1O. The number of ketones is 1. The molecule has 10 heteroatoms. The fourth-order valence-corrected chi connectivity index (χ4v) is 3.01. The van der Waals surface area contributed by atoms with Gasteiger partial charge in [0.2, 0.25) is 6.29 Å². The van der Waals surface area contributed by atoms with Crippen LogP contribution in [-0.2, 0) is 4.74 Å². The van der Waals surface area contributed by atoms with Crippen molar-refractivity contribution in [1.29, 1.82) is 0 Å². The fourth-order valence-electron chi connectivity index (χ4n) is 3.01. The number of hydrogen-bond acceptors (Lipinski definition) is 10. The minimum absolute atomic E-state index is 0.0226. The maximum absolute atomic E-state index is 12.3. The van der Waals surface area contributed by atoms with Crippen molar-refractivity contribution in [3.8, 4) is 23.0 Å². The van der Waals surface area contributed by atoms with Crippen molar-refractivity contribution in [2.24, 2.45) is 0 Å². The average molecular weight is 434 g/mol. The normalized spacial score (nSPS) is 26.1. The second-order valence-corrected chi connectivity index (χ2v) is 6.94. The van der Waals surface area contributed by atoms with Crippen LogP contribution in [0.15, 0.2) is 42.5 Å². The second kappa shape index (κ2) is 9.33. The van der Waals surface area contributed by atoms with Gasteiger partial charge >= 0.3 is 0 Å². The van der Waals surface area contributed by atoms with Crippen molar-refractivity contribution in [3.05, 3.63) is 53.6 Å². The molecule has 166 valence electrons. The highest BCUT2D eigenvalue weighted by atomic mass is 16.7. The monoisotopic (exact) mass is 434 g/mol. The van der Waals surface area contributed by atoms with Crippen molar-refractivity contribution in [3.63, 3.8) is 0 Å². The maximum atomic E-state index is 12.3. The number of aliphatic hydroxyl groups is 4. The first-order valence-corrected chi connectivity index (χ1v) is 9.26. The standard InChI is InChI=1S/C21H22O10/c22-9-17-18(27)19(28)20(29)21(31-17)30-16-7-10(2-6-14(16)25)1-5-13(24)12-4-3-11(23)8-15(12)26/h1-8,17-23,25-29H,9H2/b5-1+/t17-,18-,19+,20-,21-/m1/s1. The van der Waals surface area contributed by atoms with Gasteiger partial charge in [0.1, 0.15) is 35.9 Å². The van der Waals surface area contributed by atoms with Crippen LogP contribution >= 0.6 is 0 Å². The van der Waals surface area contributed by atoms with Gasteiger partial charge in [0.15, 0.2) is 17.3 Å². The van der Waals surface area contributed by atoms with Gasteiger partial charge in [0, 0.05) is 6.07 Å². The summed E-state index contributed by atoms with van der Waals surface area (Å²) in [5, 5.41) is 68.1. The number of ether oxygens (including phenoxy) is 2. The minimum Gasteiger partial charge on any atom is -0.508 e. The summed E-state index contributed by atoms with van der Waals surface area (Å²) in [5.41, 5.74) is 0.384. The summed E-state index contributed by atoms with van der Waals surface area (Å²) in [7, 11) is 0. The predicted molar refractivity (Wildman–Crippen MR) is 106 cm³/mol. The van der Waals surface area contributed by atoms with Gasteiger partial charge < -0.3 is 45.2 Å². The van der Waals surface area contributed by atoms with E-state index in [1.807, 2.05) is 0 Å². The summed E-state index contributed by atoms with van der Waals surface area (Å²) in [6, 6.07) is 7.62. The van der Waals surface area contributed by atoms with Gasteiger partial charge in [-0.05, 0) is 35.9 Å². The van der Waals surface area contributed by atoms with Crippen LogP contribution in [0.1, 0.15) is 15.9 Å². The number of benzene rings is 2. The van der Waals surface area contributed by atoms with Gasteiger partial charge in [-0.2, -0.15) is 0 Å². The van der Waals surface area contributed by atoms with E-state index in [1.54, 1.807) is 0 Å². The van der Waals surface area contributed by atoms with Crippen LogP contribution in [0.3, 0.4) is 0 Å². The first-order valence-electron chi connectivity index (χ1n) is 9.26. The van der Waals surface area contributed by atoms with Gasteiger partial charge in [-0.3, -0.25) is 4.79 Å². The molecule has 0 radical (unpaired) electrons. The van der Waals surface area contributed by atoms with E-state index in [2.05, 4.69) is 0 Å². The lowest BCUT2D eigenvalue weighted by atomic mass is 9.99. The first kappa shape index (κ1) is 22.5. The molecule has 1 saturated heterocycles. The molecule has 0 aromatic heterocycles. The van der Waals surface area contributed by atoms with E-state index in [1.165, 1.54) is 36.4 Å². The number of carbonyl (C=O) groups is 1. The highest BCUT2D eigenvalue weighted by Gasteiger charge is 2.44. The molecule has 3 rings (SSSR count). The molecular formula is C21H22O10. The molecule has 31 heavy (non-hydrogen) atoms. The Bertz CT molecular complexity index is 971. The van der Waals surface area contributed by atoms with Gasteiger partial charge in [-0.15, -0.1) is 0 Å². The van der Waals surface area contributed by atoms with E-state index in [-0.39, 0.29) is 28.6 Å². The van der Waals surface area contributed by atoms with Crippen LogP contribution in [0, 0.1) is 0 Å². The van der Waals surface area contributed by atoms with E-state index in [4.69, 9.17) is 9.47 Å². The summed E-state index contributed by atoms with van der Waals surface area (Å²) in [6.07, 6.45) is -4.97. The van der Waals surface area contributed by atoms with E-state index < -0.39 is 43.1 Å². The van der Waals surface area contributed by atoms with E-state index in [0.29, 0.717) is 5.56 Å². The van der Waals surface area contributed by atoms with Gasteiger partial charge in [0.25, 0.3) is 0 Å². The predicted octanol–water partition coefficient (Wildman–Crippen LogP) is -0.122. The Hall–Kier alpha value is -3.15. The molecule has 0 unspecified atom stereocenters. The van der Waals surface area contributed by atoms with Crippen LogP contribution in [0.5, 0.6) is 23.0 Å². The van der Waals surface area contributed by atoms with E-state index >= 15 is 0 Å². The molecule has 0 amide bonds. The zero-order chi connectivity index (χ0) is 22.7. The lowest BCUT2D eigenvalue weighted by Gasteiger charge is -2.39. The molecule has 0 aliphatic carbocycles. The molecule has 2 aromatic carbocycles. The van der Waals surface area contributed by atoms with Crippen LogP contribution in [-0.4, -0.2) is 78.8 Å². The molecule has 0 spiro atoms. The van der Waals surface area contributed by atoms with Crippen molar-refractivity contribution in [2.75, 3.05) is 6.61 Å². The number of phenolic OH excluding ortho intramolecular Hbond substituents is 3. The molecule has 0 bridgehead atoms. The van der Waals surface area contributed by atoms with Crippen molar-refractivity contribution >= 4 is 11.9 Å². The van der Waals surface area contributed by atoms with E-state index in [0.717, 1.165) is 12.1 Å². The highest BCUT2D eigenvalue weighted by Crippen LogP contribution is 2.32. The topological polar surface area (TPSA) is 177 Å². The van der Waals surface area contributed by atoms with Gasteiger partial charge in [-0.1, -0.05) is 12.1 Å². The smallest absolute Gasteiger partial charge is 0.229 e. The van der Waals surface area contributed by atoms with Crippen LogP contribution < -0.4 is 4.74 Å². The Morgan fingerprint density at radius 2 is 1.71 bits per heavy atom. The number of hydrogen-bond donors (Lipinski definition) is 7. The summed E-state index contributed by atoms with van der Waals surface area (Å²) in [6.45, 7) is -0.633. The third-order valence-electron chi connectivity index (χ3n) is 4.75. The number of aromatic hydroxyl groups is 3. The molecule has 10 nitrogen and oxygen atoms in total. The number of rotatable bonds is 6. The molecular weight excluding hydrogens is 412 g/mol. The average Bonchev–Trinajstić information content (AvgIpc) is 2.74. The zero-order valence-corrected chi connectivity index (χ0v) is 16.1. The summed E-state index contributed by atoms with van der Waals surface area (Å²) in [4.78, 5) is 12.3. The highest BCUT2D eigenvalue weighted by molar-refractivity contribution is 6.08. The fraction of sp³-hybridized carbons (Fsp3) is 0.286. The summed E-state index contributed by atoms with van der Waals surface area (Å²) >= 11 is 0.